The summed E-state index contributed by atoms with van der Waals surface area (Å²) in [5.74, 6) is 0.537. The molecule has 164 valence electrons. The maximum absolute atomic E-state index is 10.9. The summed E-state index contributed by atoms with van der Waals surface area (Å²) in [4.78, 5) is 19.0. The Morgan fingerprint density at radius 2 is 1.87 bits per heavy atom. The number of oxazole rings is 1. The van der Waals surface area contributed by atoms with E-state index in [1.807, 2.05) is 12.1 Å². The lowest BCUT2D eigenvalue weighted by Gasteiger charge is -2.11. The van der Waals surface area contributed by atoms with Crippen LogP contribution < -0.4 is 9.47 Å². The molecule has 7 nitrogen and oxygen atoms in total. The minimum absolute atomic E-state index is 0.135. The standard InChI is InChI=1S/C24H28N2O5/c1-2-3-9-18-10-5-6-11-21(18)29-14-7-4-8-15-30-22-16-19(12-13-25-22)23-26-20(17-31-23)24(27)28/h5-6,10-13,16-17H,2-4,7-9,14-15H2,1H3,(H,27,28). The van der Waals surface area contributed by atoms with Crippen molar-refractivity contribution < 1.29 is 23.8 Å². The largest absolute Gasteiger partial charge is 0.493 e. The summed E-state index contributed by atoms with van der Waals surface area (Å²) < 4.78 is 16.9. The Morgan fingerprint density at radius 1 is 1.06 bits per heavy atom. The van der Waals surface area contributed by atoms with Gasteiger partial charge in [0.15, 0.2) is 5.69 Å². The van der Waals surface area contributed by atoms with Crippen molar-refractivity contribution in [3.63, 3.8) is 0 Å². The predicted molar refractivity (Wildman–Crippen MR) is 117 cm³/mol. The number of carboxylic acid groups (broad SMARTS) is 1. The van der Waals surface area contributed by atoms with Gasteiger partial charge in [-0.3, -0.25) is 0 Å². The van der Waals surface area contributed by atoms with Gasteiger partial charge in [-0.2, -0.15) is 0 Å². The van der Waals surface area contributed by atoms with Crippen LogP contribution in [-0.2, 0) is 6.42 Å². The highest BCUT2D eigenvalue weighted by Gasteiger charge is 2.12. The number of benzene rings is 1. The first-order valence-corrected chi connectivity index (χ1v) is 10.7. The van der Waals surface area contributed by atoms with Crippen molar-refractivity contribution in [3.8, 4) is 23.1 Å². The molecule has 0 atom stereocenters. The SMILES string of the molecule is CCCCc1ccccc1OCCCCCOc1cc(-c2nc(C(=O)O)co2)ccn1. The number of aromatic carboxylic acids is 1. The molecule has 0 bridgehead atoms. The van der Waals surface area contributed by atoms with E-state index in [9.17, 15) is 4.79 Å². The highest BCUT2D eigenvalue weighted by Crippen LogP contribution is 2.22. The fraction of sp³-hybridized carbons (Fsp3) is 0.375. The Hall–Kier alpha value is -3.35. The molecule has 3 rings (SSSR count). The van der Waals surface area contributed by atoms with E-state index in [4.69, 9.17) is 19.0 Å². The molecule has 0 spiro atoms. The van der Waals surface area contributed by atoms with Crippen molar-refractivity contribution >= 4 is 5.97 Å². The number of nitrogens with zero attached hydrogens (tertiary/aromatic N) is 2. The van der Waals surface area contributed by atoms with Crippen molar-refractivity contribution in [3.05, 3.63) is 60.1 Å². The highest BCUT2D eigenvalue weighted by atomic mass is 16.5. The molecule has 0 aliphatic carbocycles. The maximum atomic E-state index is 10.9. The Kier molecular flexibility index (Phi) is 8.46. The van der Waals surface area contributed by atoms with Crippen LogP contribution in [0.15, 0.2) is 53.3 Å². The van der Waals surface area contributed by atoms with E-state index >= 15 is 0 Å². The molecular formula is C24H28N2O5. The van der Waals surface area contributed by atoms with Gasteiger partial charge in [-0.25, -0.2) is 14.8 Å². The number of aryl methyl sites for hydroxylation is 1. The van der Waals surface area contributed by atoms with E-state index in [2.05, 4.69) is 29.0 Å². The van der Waals surface area contributed by atoms with Crippen LogP contribution in [0.3, 0.4) is 0 Å². The first-order valence-electron chi connectivity index (χ1n) is 10.7. The molecule has 0 saturated carbocycles. The normalized spacial score (nSPS) is 10.7. The van der Waals surface area contributed by atoms with E-state index in [1.54, 1.807) is 18.3 Å². The third kappa shape index (κ3) is 6.84. The number of hydrogen-bond acceptors (Lipinski definition) is 6. The summed E-state index contributed by atoms with van der Waals surface area (Å²) in [5, 5.41) is 8.95. The number of pyridine rings is 1. The minimum Gasteiger partial charge on any atom is -0.493 e. The summed E-state index contributed by atoms with van der Waals surface area (Å²) in [6.07, 6.45) is 8.91. The second kappa shape index (κ2) is 11.7. The summed E-state index contributed by atoms with van der Waals surface area (Å²) in [7, 11) is 0. The number of ether oxygens (including phenoxy) is 2. The van der Waals surface area contributed by atoms with Crippen LogP contribution in [0.5, 0.6) is 11.6 Å². The van der Waals surface area contributed by atoms with Crippen molar-refractivity contribution in [2.45, 2.75) is 45.4 Å². The molecule has 0 fully saturated rings. The Balaban J connectivity index is 1.37. The van der Waals surface area contributed by atoms with E-state index in [-0.39, 0.29) is 11.6 Å². The van der Waals surface area contributed by atoms with Gasteiger partial charge in [0.25, 0.3) is 0 Å². The molecule has 7 heteroatoms. The van der Waals surface area contributed by atoms with Crippen molar-refractivity contribution in [2.24, 2.45) is 0 Å². The zero-order chi connectivity index (χ0) is 21.9. The molecule has 0 saturated heterocycles. The van der Waals surface area contributed by atoms with Gasteiger partial charge < -0.3 is 19.0 Å². The number of carboxylic acids is 1. The predicted octanol–water partition coefficient (Wildman–Crippen LogP) is 5.41. The Labute approximate surface area is 182 Å². The van der Waals surface area contributed by atoms with Crippen LogP contribution in [0.2, 0.25) is 0 Å². The van der Waals surface area contributed by atoms with Gasteiger partial charge in [-0.1, -0.05) is 31.5 Å². The van der Waals surface area contributed by atoms with E-state index in [0.717, 1.165) is 37.7 Å². The summed E-state index contributed by atoms with van der Waals surface area (Å²) in [6, 6.07) is 11.6. The monoisotopic (exact) mass is 424 g/mol. The molecule has 0 radical (unpaired) electrons. The Bertz CT molecular complexity index is 970. The second-order valence-corrected chi connectivity index (χ2v) is 7.19. The molecule has 0 unspecified atom stereocenters. The van der Waals surface area contributed by atoms with Gasteiger partial charge in [0.05, 0.1) is 13.2 Å². The quantitative estimate of drug-likeness (QED) is 0.367. The number of hydrogen-bond donors (Lipinski definition) is 1. The van der Waals surface area contributed by atoms with Gasteiger partial charge in [0.2, 0.25) is 11.8 Å². The van der Waals surface area contributed by atoms with Crippen LogP contribution in [0.1, 0.15) is 55.1 Å². The fourth-order valence-electron chi connectivity index (χ4n) is 3.08. The molecule has 0 aliphatic heterocycles. The molecule has 1 N–H and O–H groups in total. The first-order chi connectivity index (χ1) is 15.2. The molecule has 31 heavy (non-hydrogen) atoms. The van der Waals surface area contributed by atoms with Crippen LogP contribution >= 0.6 is 0 Å². The van der Waals surface area contributed by atoms with E-state index in [1.165, 1.54) is 18.4 Å². The highest BCUT2D eigenvalue weighted by molar-refractivity contribution is 5.85. The molecule has 2 aromatic heterocycles. The van der Waals surface area contributed by atoms with E-state index < -0.39 is 5.97 Å². The summed E-state index contributed by atoms with van der Waals surface area (Å²) in [6.45, 7) is 3.42. The zero-order valence-electron chi connectivity index (χ0n) is 17.8. The molecule has 0 aliphatic rings. The van der Waals surface area contributed by atoms with Crippen molar-refractivity contribution in [1.82, 2.24) is 9.97 Å². The average Bonchev–Trinajstić information content (AvgIpc) is 3.29. The maximum Gasteiger partial charge on any atom is 0.357 e. The molecule has 3 aromatic rings. The fourth-order valence-corrected chi connectivity index (χ4v) is 3.08. The number of carbonyl (C=O) groups is 1. The smallest absolute Gasteiger partial charge is 0.357 e. The minimum atomic E-state index is -1.13. The summed E-state index contributed by atoms with van der Waals surface area (Å²) in [5.41, 5.74) is 1.76. The molecule has 1 aromatic carbocycles. The third-order valence-electron chi connectivity index (χ3n) is 4.77. The van der Waals surface area contributed by atoms with Crippen molar-refractivity contribution in [2.75, 3.05) is 13.2 Å². The van der Waals surface area contributed by atoms with Crippen LogP contribution in [0.25, 0.3) is 11.5 Å². The number of para-hydroxylation sites is 1. The van der Waals surface area contributed by atoms with Crippen LogP contribution in [0.4, 0.5) is 0 Å². The number of rotatable bonds is 13. The van der Waals surface area contributed by atoms with Crippen molar-refractivity contribution in [1.29, 1.82) is 0 Å². The molecule has 2 heterocycles. The third-order valence-corrected chi connectivity index (χ3v) is 4.77. The Morgan fingerprint density at radius 3 is 2.65 bits per heavy atom. The lowest BCUT2D eigenvalue weighted by Crippen LogP contribution is -2.03. The van der Waals surface area contributed by atoms with E-state index in [0.29, 0.717) is 24.7 Å². The van der Waals surface area contributed by atoms with Gasteiger partial charge in [0, 0.05) is 17.8 Å². The number of unbranched alkanes of at least 4 members (excludes halogenated alkanes) is 3. The lowest BCUT2D eigenvalue weighted by molar-refractivity contribution is 0.0690. The summed E-state index contributed by atoms with van der Waals surface area (Å²) >= 11 is 0. The lowest BCUT2D eigenvalue weighted by atomic mass is 10.1. The second-order valence-electron chi connectivity index (χ2n) is 7.19. The topological polar surface area (TPSA) is 94.7 Å². The average molecular weight is 424 g/mol. The number of aromatic nitrogens is 2. The first kappa shape index (κ1) is 22.3. The van der Waals surface area contributed by atoms with Gasteiger partial charge in [0.1, 0.15) is 12.0 Å². The van der Waals surface area contributed by atoms with Gasteiger partial charge in [-0.15, -0.1) is 0 Å². The zero-order valence-corrected chi connectivity index (χ0v) is 17.8. The van der Waals surface area contributed by atoms with Gasteiger partial charge in [-0.05, 0) is 49.8 Å². The van der Waals surface area contributed by atoms with Crippen LogP contribution in [-0.4, -0.2) is 34.3 Å². The molecule has 0 amide bonds. The van der Waals surface area contributed by atoms with Crippen LogP contribution in [0, 0.1) is 0 Å². The molecular weight excluding hydrogens is 396 g/mol. The van der Waals surface area contributed by atoms with Gasteiger partial charge >= 0.3 is 5.97 Å².